The van der Waals surface area contributed by atoms with Crippen LogP contribution in [0.3, 0.4) is 0 Å². The van der Waals surface area contributed by atoms with Crippen molar-refractivity contribution in [3.63, 3.8) is 0 Å². The summed E-state index contributed by atoms with van der Waals surface area (Å²) in [6, 6.07) is 16.4. The van der Waals surface area contributed by atoms with Crippen LogP contribution in [-0.4, -0.2) is 23.6 Å². The van der Waals surface area contributed by atoms with Gasteiger partial charge in [0.2, 0.25) is 5.95 Å². The number of rotatable bonds is 8. The second-order valence-corrected chi connectivity index (χ2v) is 5.74. The Morgan fingerprint density at radius 2 is 1.81 bits per heavy atom. The van der Waals surface area contributed by atoms with Crippen LogP contribution in [0.25, 0.3) is 0 Å². The monoisotopic (exact) mass is 352 g/mol. The van der Waals surface area contributed by atoms with Gasteiger partial charge in [-0.2, -0.15) is 4.98 Å². The summed E-state index contributed by atoms with van der Waals surface area (Å²) in [5, 5.41) is 6.32. The summed E-state index contributed by atoms with van der Waals surface area (Å²) in [7, 11) is 1.65. The molecule has 3 aromatic rings. The van der Waals surface area contributed by atoms with Gasteiger partial charge in [-0.05, 0) is 36.2 Å². The standard InChI is InChI=1S/C20H21FN4O/c1-26-17-8-6-15(7-9-17)10-12-22-20-23-13-11-19(25-20)24-14-16-4-2-3-5-18(16)21/h2-9,11,13H,10,12,14H2,1H3,(H2,22,23,24,25). The van der Waals surface area contributed by atoms with Crippen molar-refractivity contribution in [3.05, 3.63) is 77.7 Å². The Balaban J connectivity index is 1.51. The van der Waals surface area contributed by atoms with E-state index in [2.05, 4.69) is 20.6 Å². The number of nitrogens with zero attached hydrogens (tertiary/aromatic N) is 2. The highest BCUT2D eigenvalue weighted by atomic mass is 19.1. The van der Waals surface area contributed by atoms with E-state index in [0.717, 1.165) is 12.2 Å². The SMILES string of the molecule is COc1ccc(CCNc2nccc(NCc3ccccc3F)n2)cc1. The molecule has 0 radical (unpaired) electrons. The molecule has 2 aromatic carbocycles. The minimum absolute atomic E-state index is 0.230. The molecule has 0 fully saturated rings. The van der Waals surface area contributed by atoms with Gasteiger partial charge in [-0.1, -0.05) is 30.3 Å². The molecule has 0 aliphatic carbocycles. The summed E-state index contributed by atoms with van der Waals surface area (Å²) in [4.78, 5) is 8.61. The number of nitrogens with one attached hydrogen (secondary N) is 2. The Kier molecular flexibility index (Phi) is 5.98. The highest BCUT2D eigenvalue weighted by molar-refractivity contribution is 5.40. The Bertz CT molecular complexity index is 839. The van der Waals surface area contributed by atoms with Crippen LogP contribution in [0, 0.1) is 5.82 Å². The fourth-order valence-electron chi connectivity index (χ4n) is 2.48. The van der Waals surface area contributed by atoms with Crippen LogP contribution in [0.2, 0.25) is 0 Å². The Labute approximate surface area is 152 Å². The van der Waals surface area contributed by atoms with Crippen LogP contribution < -0.4 is 15.4 Å². The summed E-state index contributed by atoms with van der Waals surface area (Å²) in [6.45, 7) is 1.08. The number of ether oxygens (including phenoxy) is 1. The lowest BCUT2D eigenvalue weighted by Crippen LogP contribution is -2.10. The van der Waals surface area contributed by atoms with Crippen LogP contribution in [0.15, 0.2) is 60.8 Å². The maximum absolute atomic E-state index is 13.7. The highest BCUT2D eigenvalue weighted by Crippen LogP contribution is 2.13. The second-order valence-electron chi connectivity index (χ2n) is 5.74. The molecular formula is C20H21FN4O. The van der Waals surface area contributed by atoms with Gasteiger partial charge in [-0.3, -0.25) is 0 Å². The molecule has 26 heavy (non-hydrogen) atoms. The van der Waals surface area contributed by atoms with Crippen molar-refractivity contribution >= 4 is 11.8 Å². The van der Waals surface area contributed by atoms with Crippen molar-refractivity contribution in [1.82, 2.24) is 9.97 Å². The highest BCUT2D eigenvalue weighted by Gasteiger charge is 2.03. The van der Waals surface area contributed by atoms with E-state index in [1.165, 1.54) is 11.6 Å². The maximum Gasteiger partial charge on any atom is 0.224 e. The molecule has 0 saturated carbocycles. The van der Waals surface area contributed by atoms with Gasteiger partial charge in [0.05, 0.1) is 7.11 Å². The molecule has 5 nitrogen and oxygen atoms in total. The third kappa shape index (κ3) is 4.92. The predicted molar refractivity (Wildman–Crippen MR) is 101 cm³/mol. The van der Waals surface area contributed by atoms with Crippen molar-refractivity contribution in [1.29, 1.82) is 0 Å². The van der Waals surface area contributed by atoms with Crippen LogP contribution in [0.1, 0.15) is 11.1 Å². The molecule has 134 valence electrons. The minimum atomic E-state index is -0.230. The fourth-order valence-corrected chi connectivity index (χ4v) is 2.48. The summed E-state index contributed by atoms with van der Waals surface area (Å²) in [5.41, 5.74) is 1.80. The second kappa shape index (κ2) is 8.80. The zero-order chi connectivity index (χ0) is 18.2. The van der Waals surface area contributed by atoms with Crippen LogP contribution in [0.5, 0.6) is 5.75 Å². The van der Waals surface area contributed by atoms with E-state index in [1.807, 2.05) is 30.3 Å². The average molecular weight is 352 g/mol. The molecular weight excluding hydrogens is 331 g/mol. The Morgan fingerprint density at radius 3 is 2.58 bits per heavy atom. The van der Waals surface area contributed by atoms with Gasteiger partial charge < -0.3 is 15.4 Å². The first-order valence-corrected chi connectivity index (χ1v) is 8.42. The molecule has 1 heterocycles. The Morgan fingerprint density at radius 1 is 1.00 bits per heavy atom. The number of aromatic nitrogens is 2. The van der Waals surface area contributed by atoms with Gasteiger partial charge in [0.15, 0.2) is 0 Å². The van der Waals surface area contributed by atoms with E-state index in [1.54, 1.807) is 31.5 Å². The molecule has 6 heteroatoms. The lowest BCUT2D eigenvalue weighted by molar-refractivity contribution is 0.414. The number of anilines is 2. The molecule has 0 bridgehead atoms. The fraction of sp³-hybridized carbons (Fsp3) is 0.200. The molecule has 3 rings (SSSR count). The number of hydrogen-bond acceptors (Lipinski definition) is 5. The van der Waals surface area contributed by atoms with Gasteiger partial charge in [-0.25, -0.2) is 9.37 Å². The zero-order valence-electron chi connectivity index (χ0n) is 14.6. The van der Waals surface area contributed by atoms with Crippen LogP contribution in [0.4, 0.5) is 16.2 Å². The van der Waals surface area contributed by atoms with Gasteiger partial charge in [0.1, 0.15) is 17.4 Å². The van der Waals surface area contributed by atoms with E-state index in [-0.39, 0.29) is 5.82 Å². The summed E-state index contributed by atoms with van der Waals surface area (Å²) >= 11 is 0. The molecule has 2 N–H and O–H groups in total. The van der Waals surface area contributed by atoms with Crippen molar-refractivity contribution in [2.24, 2.45) is 0 Å². The minimum Gasteiger partial charge on any atom is -0.497 e. The first-order valence-electron chi connectivity index (χ1n) is 8.42. The van der Waals surface area contributed by atoms with E-state index in [9.17, 15) is 4.39 Å². The summed E-state index contributed by atoms with van der Waals surface area (Å²) in [5.74, 6) is 1.80. The predicted octanol–water partition coefficient (Wildman–Crippen LogP) is 3.89. The lowest BCUT2D eigenvalue weighted by atomic mass is 10.1. The molecule has 0 saturated heterocycles. The van der Waals surface area contributed by atoms with E-state index in [4.69, 9.17) is 4.74 Å². The molecule has 0 aliphatic rings. The molecule has 1 aromatic heterocycles. The first-order chi connectivity index (χ1) is 12.7. The van der Waals surface area contributed by atoms with Gasteiger partial charge in [0, 0.05) is 24.8 Å². The van der Waals surface area contributed by atoms with Crippen LogP contribution in [-0.2, 0) is 13.0 Å². The number of methoxy groups -OCH3 is 1. The van der Waals surface area contributed by atoms with E-state index >= 15 is 0 Å². The molecule has 0 amide bonds. The third-order valence-corrected chi connectivity index (χ3v) is 3.93. The smallest absolute Gasteiger partial charge is 0.224 e. The van der Waals surface area contributed by atoms with Crippen molar-refractivity contribution in [2.75, 3.05) is 24.3 Å². The van der Waals surface area contributed by atoms with Gasteiger partial charge in [0.25, 0.3) is 0 Å². The normalized spacial score (nSPS) is 10.4. The number of halogens is 1. The molecule has 0 spiro atoms. The number of hydrogen-bond donors (Lipinski definition) is 2. The largest absolute Gasteiger partial charge is 0.497 e. The quantitative estimate of drug-likeness (QED) is 0.644. The molecule has 0 aliphatic heterocycles. The van der Waals surface area contributed by atoms with E-state index in [0.29, 0.717) is 30.4 Å². The van der Waals surface area contributed by atoms with Crippen molar-refractivity contribution < 1.29 is 9.13 Å². The topological polar surface area (TPSA) is 59.1 Å². The number of benzene rings is 2. The Hall–Kier alpha value is -3.15. The summed E-state index contributed by atoms with van der Waals surface area (Å²) < 4.78 is 18.8. The average Bonchev–Trinajstić information content (AvgIpc) is 2.68. The first kappa shape index (κ1) is 17.7. The van der Waals surface area contributed by atoms with Gasteiger partial charge >= 0.3 is 0 Å². The third-order valence-electron chi connectivity index (χ3n) is 3.93. The lowest BCUT2D eigenvalue weighted by Gasteiger charge is -2.09. The van der Waals surface area contributed by atoms with Gasteiger partial charge in [-0.15, -0.1) is 0 Å². The van der Waals surface area contributed by atoms with Crippen molar-refractivity contribution in [2.45, 2.75) is 13.0 Å². The van der Waals surface area contributed by atoms with E-state index < -0.39 is 0 Å². The van der Waals surface area contributed by atoms with Crippen LogP contribution >= 0.6 is 0 Å². The van der Waals surface area contributed by atoms with Crippen molar-refractivity contribution in [3.8, 4) is 5.75 Å². The zero-order valence-corrected chi connectivity index (χ0v) is 14.6. The molecule has 0 unspecified atom stereocenters. The maximum atomic E-state index is 13.7. The summed E-state index contributed by atoms with van der Waals surface area (Å²) in [6.07, 6.45) is 2.52. The molecule has 0 atom stereocenters.